The molecule has 0 saturated heterocycles. The molecule has 1 aromatic carbocycles. The van der Waals surface area contributed by atoms with Gasteiger partial charge in [0.25, 0.3) is 0 Å². The lowest BCUT2D eigenvalue weighted by Crippen LogP contribution is -2.24. The summed E-state index contributed by atoms with van der Waals surface area (Å²) in [6, 6.07) is 7.20. The van der Waals surface area contributed by atoms with Crippen molar-refractivity contribution in [2.24, 2.45) is 0 Å². The molecule has 0 fully saturated rings. The monoisotopic (exact) mass is 306 g/mol. The molecule has 0 amide bonds. The van der Waals surface area contributed by atoms with Crippen molar-refractivity contribution in [3.05, 3.63) is 35.4 Å². The lowest BCUT2D eigenvalue weighted by molar-refractivity contribution is 0.195. The van der Waals surface area contributed by atoms with Gasteiger partial charge < -0.3 is 5.11 Å². The average molecular weight is 307 g/mol. The summed E-state index contributed by atoms with van der Waals surface area (Å²) in [6.07, 6.45) is -1.04. The molecule has 0 aliphatic rings. The Kier molecular flexibility index (Phi) is 4.52. The third-order valence-corrected chi connectivity index (χ3v) is 6.34. The molecule has 1 aromatic rings. The van der Waals surface area contributed by atoms with E-state index in [1.165, 1.54) is 0 Å². The molecule has 2 atom stereocenters. The van der Waals surface area contributed by atoms with E-state index in [0.717, 1.165) is 5.56 Å². The molecule has 0 saturated carbocycles. The SMILES string of the molecule is CCS(=O)(=O)[C@@H](Br)[C@H](O)c1cccc(C)c1. The van der Waals surface area contributed by atoms with Crippen LogP contribution in [0.4, 0.5) is 0 Å². The Hall–Kier alpha value is -0.390. The van der Waals surface area contributed by atoms with Crippen LogP contribution in [0.3, 0.4) is 0 Å². The molecule has 0 spiro atoms. The Morgan fingerprint density at radius 3 is 2.56 bits per heavy atom. The van der Waals surface area contributed by atoms with E-state index in [-0.39, 0.29) is 5.75 Å². The van der Waals surface area contributed by atoms with Crippen molar-refractivity contribution in [1.82, 2.24) is 0 Å². The highest BCUT2D eigenvalue weighted by Gasteiger charge is 2.29. The van der Waals surface area contributed by atoms with Crippen LogP contribution >= 0.6 is 15.9 Å². The van der Waals surface area contributed by atoms with Crippen molar-refractivity contribution >= 4 is 25.8 Å². The van der Waals surface area contributed by atoms with E-state index in [9.17, 15) is 13.5 Å². The standard InChI is InChI=1S/C11H15BrO3S/c1-3-16(14,15)11(12)10(13)9-6-4-5-8(2)7-9/h4-7,10-11,13H,3H2,1-2H3/t10-,11-/m1/s1. The lowest BCUT2D eigenvalue weighted by Gasteiger charge is -2.17. The van der Waals surface area contributed by atoms with Crippen molar-refractivity contribution < 1.29 is 13.5 Å². The molecular weight excluding hydrogens is 292 g/mol. The topological polar surface area (TPSA) is 54.4 Å². The van der Waals surface area contributed by atoms with E-state index < -0.39 is 20.1 Å². The number of hydrogen-bond acceptors (Lipinski definition) is 3. The van der Waals surface area contributed by atoms with Gasteiger partial charge in [-0.05, 0) is 12.5 Å². The molecular formula is C11H15BrO3S. The fourth-order valence-corrected chi connectivity index (χ4v) is 3.33. The van der Waals surface area contributed by atoms with Crippen LogP contribution in [-0.4, -0.2) is 23.4 Å². The quantitative estimate of drug-likeness (QED) is 0.868. The number of aryl methyl sites for hydroxylation is 1. The molecule has 3 nitrogen and oxygen atoms in total. The van der Waals surface area contributed by atoms with Gasteiger partial charge in [0.1, 0.15) is 10.3 Å². The zero-order chi connectivity index (χ0) is 12.3. The van der Waals surface area contributed by atoms with Gasteiger partial charge in [0.15, 0.2) is 9.84 Å². The van der Waals surface area contributed by atoms with Crippen LogP contribution in [0, 0.1) is 6.92 Å². The molecule has 5 heteroatoms. The number of sulfone groups is 1. The number of halogens is 1. The van der Waals surface area contributed by atoms with Gasteiger partial charge >= 0.3 is 0 Å². The largest absolute Gasteiger partial charge is 0.386 e. The highest BCUT2D eigenvalue weighted by atomic mass is 79.9. The second-order valence-corrected chi connectivity index (χ2v) is 7.67. The summed E-state index contributed by atoms with van der Waals surface area (Å²) in [5.41, 5.74) is 1.60. The van der Waals surface area contributed by atoms with Crippen LogP contribution in [0.5, 0.6) is 0 Å². The fraction of sp³-hybridized carbons (Fsp3) is 0.455. The van der Waals surface area contributed by atoms with Crippen LogP contribution in [0.25, 0.3) is 0 Å². The summed E-state index contributed by atoms with van der Waals surface area (Å²) >= 11 is 3.05. The first-order valence-electron chi connectivity index (χ1n) is 4.98. The lowest BCUT2D eigenvalue weighted by atomic mass is 10.1. The molecule has 0 unspecified atom stereocenters. The maximum Gasteiger partial charge on any atom is 0.165 e. The molecule has 0 bridgehead atoms. The van der Waals surface area contributed by atoms with E-state index >= 15 is 0 Å². The minimum absolute atomic E-state index is 0.00575. The van der Waals surface area contributed by atoms with Crippen molar-refractivity contribution in [3.8, 4) is 0 Å². The Morgan fingerprint density at radius 2 is 2.06 bits per heavy atom. The number of aliphatic hydroxyl groups excluding tert-OH is 1. The second kappa shape index (κ2) is 5.29. The van der Waals surface area contributed by atoms with Gasteiger partial charge in [-0.2, -0.15) is 0 Å². The summed E-state index contributed by atoms with van der Waals surface area (Å²) < 4.78 is 22.2. The van der Waals surface area contributed by atoms with Gasteiger partial charge in [-0.15, -0.1) is 0 Å². The zero-order valence-electron chi connectivity index (χ0n) is 9.22. The molecule has 0 heterocycles. The Morgan fingerprint density at radius 1 is 1.44 bits per heavy atom. The number of benzene rings is 1. The maximum atomic E-state index is 11.6. The van der Waals surface area contributed by atoms with Crippen LogP contribution in [0.2, 0.25) is 0 Å². The molecule has 1 N–H and O–H groups in total. The van der Waals surface area contributed by atoms with Gasteiger partial charge in [0.05, 0.1) is 0 Å². The minimum atomic E-state index is -3.29. The van der Waals surface area contributed by atoms with E-state index in [4.69, 9.17) is 0 Å². The van der Waals surface area contributed by atoms with Crippen LogP contribution < -0.4 is 0 Å². The summed E-state index contributed by atoms with van der Waals surface area (Å²) in [5, 5.41) is 9.95. The fourth-order valence-electron chi connectivity index (χ4n) is 1.36. The van der Waals surface area contributed by atoms with Crippen LogP contribution in [0.1, 0.15) is 24.2 Å². The highest BCUT2D eigenvalue weighted by Crippen LogP contribution is 2.27. The summed E-state index contributed by atoms with van der Waals surface area (Å²) in [7, 11) is -3.29. The van der Waals surface area contributed by atoms with E-state index in [1.54, 1.807) is 25.1 Å². The van der Waals surface area contributed by atoms with Gasteiger partial charge in [-0.3, -0.25) is 0 Å². The number of hydrogen-bond donors (Lipinski definition) is 1. The molecule has 0 aliphatic heterocycles. The zero-order valence-corrected chi connectivity index (χ0v) is 11.6. The average Bonchev–Trinajstić information content (AvgIpc) is 2.27. The minimum Gasteiger partial charge on any atom is -0.386 e. The number of rotatable bonds is 4. The van der Waals surface area contributed by atoms with Crippen LogP contribution in [0.15, 0.2) is 24.3 Å². The Balaban J connectivity index is 2.99. The van der Waals surface area contributed by atoms with Gasteiger partial charge in [0.2, 0.25) is 0 Å². The molecule has 16 heavy (non-hydrogen) atoms. The molecule has 0 aliphatic carbocycles. The third-order valence-electron chi connectivity index (χ3n) is 2.38. The van der Waals surface area contributed by atoms with Crippen molar-refractivity contribution in [2.45, 2.75) is 24.1 Å². The first-order chi connectivity index (χ1) is 7.38. The van der Waals surface area contributed by atoms with E-state index in [0.29, 0.717) is 5.56 Å². The molecule has 1 rings (SSSR count). The first-order valence-corrected chi connectivity index (χ1v) is 7.62. The molecule has 0 radical (unpaired) electrons. The summed E-state index contributed by atoms with van der Waals surface area (Å²) in [6.45, 7) is 3.46. The number of aliphatic hydroxyl groups is 1. The van der Waals surface area contributed by atoms with Crippen molar-refractivity contribution in [2.75, 3.05) is 5.75 Å². The Labute approximate surface area is 105 Å². The predicted molar refractivity (Wildman–Crippen MR) is 68.3 cm³/mol. The van der Waals surface area contributed by atoms with Crippen LogP contribution in [-0.2, 0) is 9.84 Å². The predicted octanol–water partition coefficient (Wildman–Crippen LogP) is 2.18. The first kappa shape index (κ1) is 13.7. The van der Waals surface area contributed by atoms with E-state index in [1.807, 2.05) is 13.0 Å². The number of alkyl halides is 1. The van der Waals surface area contributed by atoms with Crippen molar-refractivity contribution in [1.29, 1.82) is 0 Å². The smallest absolute Gasteiger partial charge is 0.165 e. The normalized spacial score (nSPS) is 15.8. The second-order valence-electron chi connectivity index (χ2n) is 3.66. The maximum absolute atomic E-state index is 11.6. The summed E-state index contributed by atoms with van der Waals surface area (Å²) in [5.74, 6) is 0.00575. The summed E-state index contributed by atoms with van der Waals surface area (Å²) in [4.78, 5) is 0. The highest BCUT2D eigenvalue weighted by molar-refractivity contribution is 9.11. The van der Waals surface area contributed by atoms with E-state index in [2.05, 4.69) is 15.9 Å². The molecule has 0 aromatic heterocycles. The van der Waals surface area contributed by atoms with Gasteiger partial charge in [-0.25, -0.2) is 8.42 Å². The van der Waals surface area contributed by atoms with Gasteiger partial charge in [0, 0.05) is 5.75 Å². The third kappa shape index (κ3) is 3.06. The van der Waals surface area contributed by atoms with Crippen molar-refractivity contribution in [3.63, 3.8) is 0 Å². The van der Waals surface area contributed by atoms with Gasteiger partial charge in [-0.1, -0.05) is 52.7 Å². The molecule has 90 valence electrons. The Bertz CT molecular complexity index is 456.